The summed E-state index contributed by atoms with van der Waals surface area (Å²) in [4.78, 5) is 15.3. The lowest BCUT2D eigenvalue weighted by Gasteiger charge is -2.03. The third kappa shape index (κ3) is 2.75. The first-order valence-electron chi connectivity index (χ1n) is 5.90. The normalized spacial score (nSPS) is 12.5. The van der Waals surface area contributed by atoms with E-state index in [2.05, 4.69) is 41.0 Å². The predicted molar refractivity (Wildman–Crippen MR) is 74.4 cm³/mol. The van der Waals surface area contributed by atoms with Crippen molar-refractivity contribution in [1.82, 2.24) is 25.1 Å². The molecule has 0 unspecified atom stereocenters. The fourth-order valence-corrected chi connectivity index (χ4v) is 2.12. The Morgan fingerprint density at radius 1 is 1.30 bits per heavy atom. The first-order valence-corrected chi connectivity index (χ1v) is 6.69. The van der Waals surface area contributed by atoms with Crippen molar-refractivity contribution >= 4 is 15.9 Å². The van der Waals surface area contributed by atoms with E-state index < -0.39 is 0 Å². The van der Waals surface area contributed by atoms with Crippen molar-refractivity contribution in [3.63, 3.8) is 0 Å². The van der Waals surface area contributed by atoms with Crippen LogP contribution in [0.15, 0.2) is 40.0 Å². The minimum absolute atomic E-state index is 0.378. The van der Waals surface area contributed by atoms with Gasteiger partial charge in [0, 0.05) is 40.7 Å². The molecule has 0 fully saturated rings. The molecule has 0 aliphatic heterocycles. The molecule has 3 aromatic rings. The van der Waals surface area contributed by atoms with Crippen molar-refractivity contribution in [2.45, 2.75) is 12.5 Å². The van der Waals surface area contributed by atoms with Crippen molar-refractivity contribution in [2.24, 2.45) is 5.73 Å². The molecule has 0 saturated carbocycles. The van der Waals surface area contributed by atoms with E-state index >= 15 is 0 Å². The molecule has 0 aromatic carbocycles. The molecular weight excluding hydrogens is 324 g/mol. The van der Waals surface area contributed by atoms with Gasteiger partial charge in [-0.1, -0.05) is 5.16 Å². The molecular formula is C12H11BrN6O. The number of nitrogens with zero attached hydrogens (tertiary/aromatic N) is 4. The van der Waals surface area contributed by atoms with Gasteiger partial charge in [-0.2, -0.15) is 4.98 Å². The molecule has 102 valence electrons. The summed E-state index contributed by atoms with van der Waals surface area (Å²) in [5, 5.41) is 3.93. The average molecular weight is 335 g/mol. The van der Waals surface area contributed by atoms with Crippen LogP contribution in [0, 0.1) is 0 Å². The molecule has 1 atom stereocenters. The summed E-state index contributed by atoms with van der Waals surface area (Å²) in [6.45, 7) is 0. The van der Waals surface area contributed by atoms with E-state index in [0.717, 1.165) is 15.7 Å². The molecule has 3 N–H and O–H groups in total. The van der Waals surface area contributed by atoms with Crippen LogP contribution in [0.25, 0.3) is 11.4 Å². The minimum Gasteiger partial charge on any atom is -0.348 e. The zero-order valence-corrected chi connectivity index (χ0v) is 11.9. The van der Waals surface area contributed by atoms with Gasteiger partial charge < -0.3 is 15.2 Å². The number of aromatic amines is 1. The lowest BCUT2D eigenvalue weighted by atomic mass is 10.2. The van der Waals surface area contributed by atoms with Gasteiger partial charge in [0.15, 0.2) is 0 Å². The Hall–Kier alpha value is -2.06. The highest BCUT2D eigenvalue weighted by atomic mass is 79.9. The predicted octanol–water partition coefficient (Wildman–Crippen LogP) is 1.86. The minimum atomic E-state index is -0.378. The molecule has 8 heteroatoms. The van der Waals surface area contributed by atoms with Crippen LogP contribution in [0.5, 0.6) is 0 Å². The number of hydrogen-bond donors (Lipinski definition) is 2. The third-order valence-electron chi connectivity index (χ3n) is 2.72. The Kier molecular flexibility index (Phi) is 3.57. The Balaban J connectivity index is 1.79. The lowest BCUT2D eigenvalue weighted by molar-refractivity contribution is 0.354. The van der Waals surface area contributed by atoms with Crippen molar-refractivity contribution in [1.29, 1.82) is 0 Å². The van der Waals surface area contributed by atoms with E-state index in [1.54, 1.807) is 24.9 Å². The number of H-pyrrole nitrogens is 1. The Morgan fingerprint density at radius 2 is 2.20 bits per heavy atom. The van der Waals surface area contributed by atoms with Gasteiger partial charge in [-0.3, -0.25) is 4.98 Å². The Morgan fingerprint density at radius 3 is 2.95 bits per heavy atom. The van der Waals surface area contributed by atoms with Gasteiger partial charge in [0.25, 0.3) is 0 Å². The summed E-state index contributed by atoms with van der Waals surface area (Å²) in [5.41, 5.74) is 7.72. The number of nitrogens with two attached hydrogens (primary N) is 1. The molecule has 0 amide bonds. The summed E-state index contributed by atoms with van der Waals surface area (Å²) in [5.74, 6) is 0.850. The highest BCUT2D eigenvalue weighted by molar-refractivity contribution is 9.10. The summed E-state index contributed by atoms with van der Waals surface area (Å²) in [7, 11) is 0. The summed E-state index contributed by atoms with van der Waals surface area (Å²) in [6, 6.07) is 1.49. The Bertz CT molecular complexity index is 696. The van der Waals surface area contributed by atoms with Gasteiger partial charge >= 0.3 is 0 Å². The van der Waals surface area contributed by atoms with Crippen LogP contribution in [0.3, 0.4) is 0 Å². The smallest absolute Gasteiger partial charge is 0.244 e. The summed E-state index contributed by atoms with van der Waals surface area (Å²) < 4.78 is 6.06. The maximum absolute atomic E-state index is 6.04. The number of imidazole rings is 1. The molecule has 0 aliphatic carbocycles. The zero-order chi connectivity index (χ0) is 13.9. The molecule has 3 aromatic heterocycles. The molecule has 7 nitrogen and oxygen atoms in total. The Labute approximate surface area is 122 Å². The van der Waals surface area contributed by atoms with E-state index in [9.17, 15) is 0 Å². The maximum Gasteiger partial charge on any atom is 0.244 e. The zero-order valence-electron chi connectivity index (χ0n) is 10.3. The van der Waals surface area contributed by atoms with E-state index in [-0.39, 0.29) is 6.04 Å². The second-order valence-corrected chi connectivity index (χ2v) is 5.15. The molecule has 3 heterocycles. The van der Waals surface area contributed by atoms with Crippen LogP contribution in [0.2, 0.25) is 0 Å². The SMILES string of the molecule is N[C@H](Cc1cnc[nH]1)c1nc(-c2cncc(Br)c2)no1. The van der Waals surface area contributed by atoms with Crippen molar-refractivity contribution < 1.29 is 4.52 Å². The van der Waals surface area contributed by atoms with Gasteiger partial charge in [0.1, 0.15) is 0 Å². The highest BCUT2D eigenvalue weighted by Crippen LogP contribution is 2.21. The number of pyridine rings is 1. The summed E-state index contributed by atoms with van der Waals surface area (Å²) >= 11 is 3.35. The van der Waals surface area contributed by atoms with E-state index in [1.165, 1.54) is 0 Å². The standard InChI is InChI=1S/C12H11BrN6O/c13-8-1-7(3-15-4-8)11-18-12(20-19-11)10(14)2-9-5-16-6-17-9/h1,3-6,10H,2,14H2,(H,16,17)/t10-/m1/s1. The monoisotopic (exact) mass is 334 g/mol. The van der Waals surface area contributed by atoms with Gasteiger partial charge in [-0.15, -0.1) is 0 Å². The fourth-order valence-electron chi connectivity index (χ4n) is 1.76. The number of nitrogens with one attached hydrogen (secondary N) is 1. The van der Waals surface area contributed by atoms with Gasteiger partial charge in [0.05, 0.1) is 12.4 Å². The largest absolute Gasteiger partial charge is 0.348 e. The molecule has 3 rings (SSSR count). The van der Waals surface area contributed by atoms with E-state index in [1.807, 2.05) is 6.07 Å². The van der Waals surface area contributed by atoms with Crippen LogP contribution >= 0.6 is 15.9 Å². The molecule has 0 bridgehead atoms. The molecule has 0 saturated heterocycles. The lowest BCUT2D eigenvalue weighted by Crippen LogP contribution is -2.13. The summed E-state index contributed by atoms with van der Waals surface area (Å²) in [6.07, 6.45) is 7.23. The second-order valence-electron chi connectivity index (χ2n) is 4.24. The average Bonchev–Trinajstić information content (AvgIpc) is 3.09. The van der Waals surface area contributed by atoms with Crippen LogP contribution in [-0.2, 0) is 6.42 Å². The van der Waals surface area contributed by atoms with Crippen LogP contribution < -0.4 is 5.73 Å². The van der Waals surface area contributed by atoms with Gasteiger partial charge in [-0.05, 0) is 22.0 Å². The molecule has 20 heavy (non-hydrogen) atoms. The highest BCUT2D eigenvalue weighted by Gasteiger charge is 2.17. The topological polar surface area (TPSA) is 107 Å². The van der Waals surface area contributed by atoms with Gasteiger partial charge in [0.2, 0.25) is 11.7 Å². The molecule has 0 radical (unpaired) electrons. The van der Waals surface area contributed by atoms with Crippen LogP contribution in [-0.4, -0.2) is 25.1 Å². The first-order chi connectivity index (χ1) is 9.72. The molecule has 0 spiro atoms. The number of hydrogen-bond acceptors (Lipinski definition) is 6. The van der Waals surface area contributed by atoms with E-state index in [0.29, 0.717) is 18.1 Å². The van der Waals surface area contributed by atoms with Gasteiger partial charge in [-0.25, -0.2) is 4.98 Å². The van der Waals surface area contributed by atoms with Crippen LogP contribution in [0.4, 0.5) is 0 Å². The number of aromatic nitrogens is 5. The van der Waals surface area contributed by atoms with Crippen molar-refractivity contribution in [3.8, 4) is 11.4 Å². The number of halogens is 1. The molecule has 0 aliphatic rings. The quantitative estimate of drug-likeness (QED) is 0.754. The van der Waals surface area contributed by atoms with Crippen molar-refractivity contribution in [2.75, 3.05) is 0 Å². The number of rotatable bonds is 4. The second kappa shape index (κ2) is 5.51. The maximum atomic E-state index is 6.04. The van der Waals surface area contributed by atoms with E-state index in [4.69, 9.17) is 10.3 Å². The fraction of sp³-hybridized carbons (Fsp3) is 0.167. The third-order valence-corrected chi connectivity index (χ3v) is 3.15. The first kappa shape index (κ1) is 12.9. The van der Waals surface area contributed by atoms with Crippen LogP contribution in [0.1, 0.15) is 17.6 Å². The van der Waals surface area contributed by atoms with Crippen molar-refractivity contribution in [3.05, 3.63) is 47.0 Å².